The fourth-order valence-electron chi connectivity index (χ4n) is 3.26. The van der Waals surface area contributed by atoms with Crippen LogP contribution in [0.2, 0.25) is 0 Å². The average Bonchev–Trinajstić information content (AvgIpc) is 2.79. The van der Waals surface area contributed by atoms with Gasteiger partial charge in [-0.3, -0.25) is 0 Å². The Kier molecular flexibility index (Phi) is 7.41. The van der Waals surface area contributed by atoms with Crippen molar-refractivity contribution in [2.75, 3.05) is 20.8 Å². The Labute approximate surface area is 193 Å². The molecule has 1 N–H and O–H groups in total. The molecule has 33 heavy (non-hydrogen) atoms. The second-order valence-corrected chi connectivity index (χ2v) is 10.9. The standard InChI is InChI=1S/C23H24FNO6S2/c1-16-4-8-21(32(26,27)20-9-5-18(24)6-10-20)15-23(16)33(28,29)25-13-12-17-14-19(30-2)7-11-22(17)31-3/h4-11,14-15,25H,12-13H2,1-3H3. The summed E-state index contributed by atoms with van der Waals surface area (Å²) in [5, 5.41) is 0. The monoisotopic (exact) mass is 493 g/mol. The summed E-state index contributed by atoms with van der Waals surface area (Å²) in [7, 11) is -4.99. The lowest BCUT2D eigenvalue weighted by Crippen LogP contribution is -2.27. The first-order valence-corrected chi connectivity index (χ1v) is 12.9. The molecule has 0 bridgehead atoms. The minimum absolute atomic E-state index is 0.0558. The Morgan fingerprint density at radius 1 is 0.848 bits per heavy atom. The van der Waals surface area contributed by atoms with E-state index in [1.807, 2.05) is 0 Å². The fraction of sp³-hybridized carbons (Fsp3) is 0.217. The molecule has 0 spiro atoms. The third kappa shape index (κ3) is 5.52. The van der Waals surface area contributed by atoms with Gasteiger partial charge in [0, 0.05) is 6.54 Å². The van der Waals surface area contributed by atoms with Crippen LogP contribution in [0.15, 0.2) is 75.4 Å². The van der Waals surface area contributed by atoms with Crippen molar-refractivity contribution in [3.63, 3.8) is 0 Å². The molecular weight excluding hydrogens is 469 g/mol. The maximum absolute atomic E-state index is 13.2. The first-order valence-electron chi connectivity index (χ1n) is 9.90. The van der Waals surface area contributed by atoms with Crippen LogP contribution in [0, 0.1) is 12.7 Å². The maximum atomic E-state index is 13.2. The van der Waals surface area contributed by atoms with Crippen molar-refractivity contribution in [2.24, 2.45) is 0 Å². The van der Waals surface area contributed by atoms with Gasteiger partial charge in [-0.05, 0) is 79.1 Å². The van der Waals surface area contributed by atoms with Gasteiger partial charge < -0.3 is 9.47 Å². The van der Waals surface area contributed by atoms with Crippen LogP contribution >= 0.6 is 0 Å². The molecule has 7 nitrogen and oxygen atoms in total. The van der Waals surface area contributed by atoms with E-state index in [4.69, 9.17) is 9.47 Å². The minimum atomic E-state index is -4.02. The van der Waals surface area contributed by atoms with Gasteiger partial charge in [-0.2, -0.15) is 0 Å². The molecule has 0 aliphatic rings. The normalized spacial score (nSPS) is 11.9. The summed E-state index contributed by atoms with van der Waals surface area (Å²) in [6, 6.07) is 13.4. The number of hydrogen-bond acceptors (Lipinski definition) is 6. The summed E-state index contributed by atoms with van der Waals surface area (Å²) >= 11 is 0. The van der Waals surface area contributed by atoms with Crippen LogP contribution in [0.25, 0.3) is 0 Å². The van der Waals surface area contributed by atoms with Gasteiger partial charge >= 0.3 is 0 Å². The molecule has 0 heterocycles. The predicted molar refractivity (Wildman–Crippen MR) is 121 cm³/mol. The highest BCUT2D eigenvalue weighted by atomic mass is 32.2. The number of sulfone groups is 1. The molecule has 3 aromatic rings. The van der Waals surface area contributed by atoms with Crippen molar-refractivity contribution in [2.45, 2.75) is 28.0 Å². The fourth-order valence-corrected chi connectivity index (χ4v) is 5.92. The van der Waals surface area contributed by atoms with Crippen LogP contribution in [0.5, 0.6) is 11.5 Å². The number of hydrogen-bond donors (Lipinski definition) is 1. The van der Waals surface area contributed by atoms with Crippen LogP contribution in [0.1, 0.15) is 11.1 Å². The molecule has 0 saturated carbocycles. The van der Waals surface area contributed by atoms with Crippen molar-refractivity contribution in [3.05, 3.63) is 77.6 Å². The van der Waals surface area contributed by atoms with Gasteiger partial charge in [0.25, 0.3) is 0 Å². The smallest absolute Gasteiger partial charge is 0.240 e. The quantitative estimate of drug-likeness (QED) is 0.458. The van der Waals surface area contributed by atoms with Gasteiger partial charge in [0.1, 0.15) is 17.3 Å². The second-order valence-electron chi connectivity index (χ2n) is 7.21. The Morgan fingerprint density at radius 3 is 2.15 bits per heavy atom. The zero-order chi connectivity index (χ0) is 24.2. The van der Waals surface area contributed by atoms with Crippen molar-refractivity contribution >= 4 is 19.9 Å². The van der Waals surface area contributed by atoms with Gasteiger partial charge in [-0.1, -0.05) is 6.07 Å². The van der Waals surface area contributed by atoms with Crippen molar-refractivity contribution in [3.8, 4) is 11.5 Å². The van der Waals surface area contributed by atoms with E-state index in [1.54, 1.807) is 25.1 Å². The largest absolute Gasteiger partial charge is 0.497 e. The average molecular weight is 494 g/mol. The molecular formula is C23H24FNO6S2. The van der Waals surface area contributed by atoms with Crippen molar-refractivity contribution in [1.29, 1.82) is 0 Å². The highest BCUT2D eigenvalue weighted by Crippen LogP contribution is 2.27. The number of halogens is 1. The van der Waals surface area contributed by atoms with Gasteiger partial charge in [0.05, 0.1) is 28.9 Å². The number of aryl methyl sites for hydroxylation is 1. The van der Waals surface area contributed by atoms with Gasteiger partial charge in [0.2, 0.25) is 19.9 Å². The van der Waals surface area contributed by atoms with E-state index in [0.29, 0.717) is 23.5 Å². The maximum Gasteiger partial charge on any atom is 0.240 e. The SMILES string of the molecule is COc1ccc(OC)c(CCNS(=O)(=O)c2cc(S(=O)(=O)c3ccc(F)cc3)ccc2C)c1. The molecule has 0 fully saturated rings. The molecule has 0 saturated heterocycles. The third-order valence-corrected chi connectivity index (χ3v) is 8.43. The zero-order valence-electron chi connectivity index (χ0n) is 18.3. The Hall–Kier alpha value is -2.95. The van der Waals surface area contributed by atoms with Crippen molar-refractivity contribution in [1.82, 2.24) is 4.72 Å². The highest BCUT2D eigenvalue weighted by Gasteiger charge is 2.23. The summed E-state index contributed by atoms with van der Waals surface area (Å²) in [6.45, 7) is 1.63. The molecule has 10 heteroatoms. The van der Waals surface area contributed by atoms with E-state index >= 15 is 0 Å². The molecule has 0 unspecified atom stereocenters. The lowest BCUT2D eigenvalue weighted by atomic mass is 10.1. The zero-order valence-corrected chi connectivity index (χ0v) is 20.0. The van der Waals surface area contributed by atoms with E-state index < -0.39 is 25.7 Å². The van der Waals surface area contributed by atoms with E-state index in [1.165, 1.54) is 26.4 Å². The third-order valence-electron chi connectivity index (χ3n) is 5.06. The Bertz CT molecular complexity index is 1350. The number of benzene rings is 3. The summed E-state index contributed by atoms with van der Waals surface area (Å²) < 4.78 is 78.0. The van der Waals surface area contributed by atoms with Crippen molar-refractivity contribution < 1.29 is 30.7 Å². The number of rotatable bonds is 9. The molecule has 3 aromatic carbocycles. The van der Waals surface area contributed by atoms with Gasteiger partial charge in [-0.25, -0.2) is 25.9 Å². The molecule has 0 atom stereocenters. The van der Waals surface area contributed by atoms with E-state index in [-0.39, 0.29) is 21.2 Å². The molecule has 0 amide bonds. The lowest BCUT2D eigenvalue weighted by molar-refractivity contribution is 0.398. The lowest BCUT2D eigenvalue weighted by Gasteiger charge is -2.13. The topological polar surface area (TPSA) is 98.8 Å². The van der Waals surface area contributed by atoms with Crippen LogP contribution in [-0.4, -0.2) is 37.6 Å². The highest BCUT2D eigenvalue weighted by molar-refractivity contribution is 7.91. The molecule has 3 rings (SSSR count). The molecule has 0 aliphatic carbocycles. The van der Waals surface area contributed by atoms with Crippen LogP contribution in [0.4, 0.5) is 4.39 Å². The Balaban J connectivity index is 1.85. The minimum Gasteiger partial charge on any atom is -0.497 e. The number of sulfonamides is 1. The number of nitrogens with one attached hydrogen (secondary N) is 1. The summed E-state index contributed by atoms with van der Waals surface area (Å²) in [5.74, 6) is 0.639. The van der Waals surface area contributed by atoms with E-state index in [2.05, 4.69) is 4.72 Å². The second kappa shape index (κ2) is 9.90. The molecule has 176 valence electrons. The van der Waals surface area contributed by atoms with E-state index in [0.717, 1.165) is 35.9 Å². The number of ether oxygens (including phenoxy) is 2. The molecule has 0 radical (unpaired) electrons. The van der Waals surface area contributed by atoms with Crippen LogP contribution in [0.3, 0.4) is 0 Å². The van der Waals surface area contributed by atoms with Crippen LogP contribution < -0.4 is 14.2 Å². The van der Waals surface area contributed by atoms with E-state index in [9.17, 15) is 21.2 Å². The summed E-state index contributed by atoms with van der Waals surface area (Å²) in [5.41, 5.74) is 1.14. The van der Waals surface area contributed by atoms with Gasteiger partial charge in [0.15, 0.2) is 0 Å². The van der Waals surface area contributed by atoms with Gasteiger partial charge in [-0.15, -0.1) is 0 Å². The van der Waals surface area contributed by atoms with Crippen LogP contribution in [-0.2, 0) is 26.3 Å². The number of methoxy groups -OCH3 is 2. The predicted octanol–water partition coefficient (Wildman–Crippen LogP) is 3.51. The first-order chi connectivity index (χ1) is 15.6. The molecule has 0 aromatic heterocycles. The molecule has 0 aliphatic heterocycles. The first kappa shape index (κ1) is 24.7. The summed E-state index contributed by atoms with van der Waals surface area (Å²) in [4.78, 5) is -0.480. The Morgan fingerprint density at radius 2 is 1.52 bits per heavy atom. The summed E-state index contributed by atoms with van der Waals surface area (Å²) in [6.07, 6.45) is 0.326.